The highest BCUT2D eigenvalue weighted by Gasteiger charge is 2.20. The predicted octanol–water partition coefficient (Wildman–Crippen LogP) is 15.2. The van der Waals surface area contributed by atoms with E-state index < -0.39 is 0 Å². The summed E-state index contributed by atoms with van der Waals surface area (Å²) in [6.45, 7) is 0. The molecule has 0 saturated heterocycles. The summed E-state index contributed by atoms with van der Waals surface area (Å²) in [4.78, 5) is 4.74. The lowest BCUT2D eigenvalue weighted by Gasteiger charge is -2.29. The summed E-state index contributed by atoms with van der Waals surface area (Å²) in [7, 11) is 0. The Bertz CT molecular complexity index is 3200. The number of rotatable bonds is 7. The zero-order valence-corrected chi connectivity index (χ0v) is 31.2. The second-order valence-electron chi connectivity index (χ2n) is 14.6. The van der Waals surface area contributed by atoms with Crippen LogP contribution >= 0.6 is 0 Å². The minimum absolute atomic E-state index is 1.07. The molecule has 3 heteroatoms. The SMILES string of the molecule is c1ccc(N(c2ccccc2)c2cccc(N(c3ccc4c(ccc5c6ccccc6ccc45)c3)c3ccc4c(c3)c3ccccc3n4-c3ccccc3)c2)cc1. The van der Waals surface area contributed by atoms with E-state index in [1.54, 1.807) is 0 Å². The van der Waals surface area contributed by atoms with Crippen LogP contribution in [0.3, 0.4) is 0 Å². The van der Waals surface area contributed by atoms with Crippen molar-refractivity contribution >= 4 is 88.2 Å². The molecule has 57 heavy (non-hydrogen) atoms. The lowest BCUT2D eigenvalue weighted by molar-refractivity contribution is 1.18. The van der Waals surface area contributed by atoms with E-state index in [4.69, 9.17) is 0 Å². The van der Waals surface area contributed by atoms with Gasteiger partial charge in [0.2, 0.25) is 0 Å². The Kier molecular flexibility index (Phi) is 7.82. The van der Waals surface area contributed by atoms with Gasteiger partial charge in [0.05, 0.1) is 11.0 Å². The highest BCUT2D eigenvalue weighted by molar-refractivity contribution is 6.18. The van der Waals surface area contributed by atoms with Crippen molar-refractivity contribution in [2.45, 2.75) is 0 Å². The number of hydrogen-bond acceptors (Lipinski definition) is 2. The van der Waals surface area contributed by atoms with Crippen LogP contribution in [-0.4, -0.2) is 4.57 Å². The van der Waals surface area contributed by atoms with E-state index in [1.807, 2.05) is 0 Å². The van der Waals surface area contributed by atoms with Gasteiger partial charge < -0.3 is 14.4 Å². The molecule has 1 heterocycles. The van der Waals surface area contributed by atoms with E-state index in [0.29, 0.717) is 0 Å². The second kappa shape index (κ2) is 13.6. The van der Waals surface area contributed by atoms with Crippen molar-refractivity contribution in [1.29, 1.82) is 0 Å². The molecule has 0 bridgehead atoms. The Morgan fingerprint density at radius 2 is 0.719 bits per heavy atom. The third-order valence-corrected chi connectivity index (χ3v) is 11.3. The number of aromatic nitrogens is 1. The Balaban J connectivity index is 1.13. The van der Waals surface area contributed by atoms with Gasteiger partial charge in [-0.25, -0.2) is 0 Å². The van der Waals surface area contributed by atoms with E-state index in [1.165, 1.54) is 54.1 Å². The Morgan fingerprint density at radius 1 is 0.246 bits per heavy atom. The first-order chi connectivity index (χ1) is 28.3. The first-order valence-corrected chi connectivity index (χ1v) is 19.5. The molecule has 0 unspecified atom stereocenters. The fourth-order valence-electron chi connectivity index (χ4n) is 8.73. The maximum atomic E-state index is 2.41. The van der Waals surface area contributed by atoms with Gasteiger partial charge in [0.15, 0.2) is 0 Å². The van der Waals surface area contributed by atoms with Crippen molar-refractivity contribution in [2.24, 2.45) is 0 Å². The van der Waals surface area contributed by atoms with Crippen LogP contribution < -0.4 is 9.80 Å². The molecular formula is C54H37N3. The van der Waals surface area contributed by atoms with E-state index >= 15 is 0 Å². The largest absolute Gasteiger partial charge is 0.310 e. The first-order valence-electron chi connectivity index (χ1n) is 19.5. The second-order valence-corrected chi connectivity index (χ2v) is 14.6. The zero-order chi connectivity index (χ0) is 37.7. The number of fused-ring (bicyclic) bond motifs is 8. The number of para-hydroxylation sites is 4. The van der Waals surface area contributed by atoms with Gasteiger partial charge >= 0.3 is 0 Å². The topological polar surface area (TPSA) is 11.4 Å². The van der Waals surface area contributed by atoms with Gasteiger partial charge in [-0.15, -0.1) is 0 Å². The van der Waals surface area contributed by atoms with Crippen LogP contribution in [0.5, 0.6) is 0 Å². The average Bonchev–Trinajstić information content (AvgIpc) is 3.61. The van der Waals surface area contributed by atoms with Gasteiger partial charge in [-0.1, -0.05) is 133 Å². The highest BCUT2D eigenvalue weighted by Crippen LogP contribution is 2.44. The van der Waals surface area contributed by atoms with Crippen molar-refractivity contribution in [3.05, 3.63) is 224 Å². The Labute approximate surface area is 331 Å². The van der Waals surface area contributed by atoms with E-state index in [0.717, 1.165) is 39.8 Å². The molecule has 1 aromatic heterocycles. The third-order valence-electron chi connectivity index (χ3n) is 11.3. The summed E-state index contributed by atoms with van der Waals surface area (Å²) < 4.78 is 2.38. The standard InChI is InChI=1S/C54H37N3/c1-4-16-40(17-5-1)55(41-18-6-2-7-19-41)43-22-14-23-44(36-43)56(45-29-33-48-39(35-45)28-32-49-47-24-11-10-15-38(47)27-31-50(48)49)46-30-34-54-52(37-46)51-25-12-13-26-53(51)57(54)42-20-8-3-9-21-42/h1-37H. The maximum absolute atomic E-state index is 2.41. The van der Waals surface area contributed by atoms with E-state index in [9.17, 15) is 0 Å². The zero-order valence-electron chi connectivity index (χ0n) is 31.2. The lowest BCUT2D eigenvalue weighted by atomic mass is 9.96. The monoisotopic (exact) mass is 727 g/mol. The minimum atomic E-state index is 1.07. The van der Waals surface area contributed by atoms with Gasteiger partial charge in [-0.05, 0) is 123 Å². The molecule has 0 aliphatic heterocycles. The molecule has 0 N–H and O–H groups in total. The van der Waals surface area contributed by atoms with Crippen molar-refractivity contribution in [3.63, 3.8) is 0 Å². The number of nitrogens with zero attached hydrogens (tertiary/aromatic N) is 3. The molecule has 0 radical (unpaired) electrons. The summed E-state index contributed by atoms with van der Waals surface area (Å²) >= 11 is 0. The van der Waals surface area contributed by atoms with Gasteiger partial charge in [-0.3, -0.25) is 0 Å². The Morgan fingerprint density at radius 3 is 1.44 bits per heavy atom. The highest BCUT2D eigenvalue weighted by atomic mass is 15.2. The molecule has 3 nitrogen and oxygen atoms in total. The van der Waals surface area contributed by atoms with Gasteiger partial charge in [0, 0.05) is 50.6 Å². The van der Waals surface area contributed by atoms with Crippen LogP contribution in [0, 0.1) is 0 Å². The van der Waals surface area contributed by atoms with Crippen LogP contribution in [0.4, 0.5) is 34.1 Å². The Hall–Kier alpha value is -7.62. The molecule has 0 saturated carbocycles. The minimum Gasteiger partial charge on any atom is -0.310 e. The van der Waals surface area contributed by atoms with Crippen molar-refractivity contribution < 1.29 is 0 Å². The van der Waals surface area contributed by atoms with Crippen LogP contribution in [0.1, 0.15) is 0 Å². The predicted molar refractivity (Wildman–Crippen MR) is 243 cm³/mol. The summed E-state index contributed by atoms with van der Waals surface area (Å²) in [5, 5.41) is 9.97. The summed E-state index contributed by atoms with van der Waals surface area (Å²) in [5.41, 5.74) is 10.1. The molecule has 0 atom stereocenters. The van der Waals surface area contributed by atoms with Crippen LogP contribution in [0.15, 0.2) is 224 Å². The molecule has 0 aliphatic carbocycles. The van der Waals surface area contributed by atoms with E-state index in [2.05, 4.69) is 239 Å². The van der Waals surface area contributed by atoms with Crippen molar-refractivity contribution in [3.8, 4) is 5.69 Å². The fraction of sp³-hybridized carbons (Fsp3) is 0. The summed E-state index contributed by atoms with van der Waals surface area (Å²) in [5.74, 6) is 0. The van der Waals surface area contributed by atoms with Crippen LogP contribution in [0.2, 0.25) is 0 Å². The van der Waals surface area contributed by atoms with Gasteiger partial charge in [0.25, 0.3) is 0 Å². The fourth-order valence-corrected chi connectivity index (χ4v) is 8.73. The van der Waals surface area contributed by atoms with Gasteiger partial charge in [-0.2, -0.15) is 0 Å². The summed E-state index contributed by atoms with van der Waals surface area (Å²) in [6.07, 6.45) is 0. The lowest BCUT2D eigenvalue weighted by Crippen LogP contribution is -2.13. The summed E-state index contributed by atoms with van der Waals surface area (Å²) in [6, 6.07) is 81.2. The average molecular weight is 728 g/mol. The molecule has 0 amide bonds. The molecule has 11 aromatic rings. The molecule has 10 aromatic carbocycles. The third kappa shape index (κ3) is 5.60. The molecule has 0 aliphatic rings. The molecule has 11 rings (SSSR count). The molecule has 0 fully saturated rings. The van der Waals surface area contributed by atoms with E-state index in [-0.39, 0.29) is 0 Å². The number of benzene rings is 10. The number of hydrogen-bond donors (Lipinski definition) is 0. The van der Waals surface area contributed by atoms with Crippen molar-refractivity contribution in [2.75, 3.05) is 9.80 Å². The molecular weight excluding hydrogens is 691 g/mol. The molecule has 0 spiro atoms. The van der Waals surface area contributed by atoms with Crippen molar-refractivity contribution in [1.82, 2.24) is 4.57 Å². The first kappa shape index (κ1) is 32.8. The van der Waals surface area contributed by atoms with Gasteiger partial charge in [0.1, 0.15) is 0 Å². The smallest absolute Gasteiger partial charge is 0.0542 e. The quantitative estimate of drug-likeness (QED) is 0.151. The van der Waals surface area contributed by atoms with Crippen LogP contribution in [-0.2, 0) is 0 Å². The maximum Gasteiger partial charge on any atom is 0.0542 e. The van der Waals surface area contributed by atoms with Crippen LogP contribution in [0.25, 0.3) is 59.8 Å². The molecule has 268 valence electrons. The normalized spacial score (nSPS) is 11.5. The number of anilines is 6.